The van der Waals surface area contributed by atoms with E-state index in [2.05, 4.69) is 25.1 Å². The zero-order valence-corrected chi connectivity index (χ0v) is 13.9. The van der Waals surface area contributed by atoms with Crippen LogP contribution in [0.1, 0.15) is 65.2 Å². The summed E-state index contributed by atoms with van der Waals surface area (Å²) in [6, 6.07) is -0.0817. The molecule has 0 aliphatic heterocycles. The van der Waals surface area contributed by atoms with Crippen molar-refractivity contribution in [2.24, 2.45) is 33.8 Å². The highest BCUT2D eigenvalue weighted by Crippen LogP contribution is 2.65. The van der Waals surface area contributed by atoms with Crippen LogP contribution in [-0.2, 0) is 0 Å². The van der Waals surface area contributed by atoms with Gasteiger partial charge >= 0.3 is 0 Å². The minimum Gasteiger partial charge on any atom is -0.393 e. The quantitative estimate of drug-likeness (QED) is 0.575. The van der Waals surface area contributed by atoms with Crippen molar-refractivity contribution >= 4 is 0 Å². The van der Waals surface area contributed by atoms with Gasteiger partial charge in [0.2, 0.25) is 0 Å². The molecule has 3 heteroatoms. The van der Waals surface area contributed by atoms with Crippen LogP contribution in [0.2, 0.25) is 0 Å². The summed E-state index contributed by atoms with van der Waals surface area (Å²) < 4.78 is 0. The van der Waals surface area contributed by atoms with E-state index in [4.69, 9.17) is 0 Å². The third-order valence-corrected chi connectivity index (χ3v) is 8.17. The Bertz CT molecular complexity index is 516. The lowest BCUT2D eigenvalue weighted by Crippen LogP contribution is -2.51. The number of hydrogen-bond donors (Lipinski definition) is 1. The molecule has 3 fully saturated rings. The first-order chi connectivity index (χ1) is 10.5. The van der Waals surface area contributed by atoms with Crippen LogP contribution in [0.5, 0.6) is 0 Å². The van der Waals surface area contributed by atoms with Gasteiger partial charge in [0.05, 0.1) is 6.10 Å². The largest absolute Gasteiger partial charge is 0.393 e. The van der Waals surface area contributed by atoms with Crippen molar-refractivity contribution in [1.82, 2.24) is 0 Å². The van der Waals surface area contributed by atoms with E-state index in [0.29, 0.717) is 11.3 Å². The molecule has 0 spiro atoms. The minimum absolute atomic E-state index is 0.0817. The Balaban J connectivity index is 1.66. The highest BCUT2D eigenvalue weighted by molar-refractivity contribution is 5.26. The van der Waals surface area contributed by atoms with Crippen molar-refractivity contribution < 1.29 is 5.11 Å². The summed E-state index contributed by atoms with van der Waals surface area (Å²) in [7, 11) is 0. The molecule has 0 radical (unpaired) electrons. The van der Waals surface area contributed by atoms with Gasteiger partial charge in [0.1, 0.15) is 6.04 Å². The zero-order valence-electron chi connectivity index (χ0n) is 13.9. The summed E-state index contributed by atoms with van der Waals surface area (Å²) in [6.45, 7) is 4.79. The fourth-order valence-corrected chi connectivity index (χ4v) is 6.77. The summed E-state index contributed by atoms with van der Waals surface area (Å²) in [5.74, 6) is 2.24. The van der Waals surface area contributed by atoms with Crippen LogP contribution < -0.4 is 0 Å². The third kappa shape index (κ3) is 1.84. The van der Waals surface area contributed by atoms with Gasteiger partial charge in [-0.25, -0.2) is 0 Å². The van der Waals surface area contributed by atoms with Crippen molar-refractivity contribution in [3.05, 3.63) is 16.6 Å². The monoisotopic (exact) mass is 303 g/mol. The second-order valence-electron chi connectivity index (χ2n) is 8.87. The van der Waals surface area contributed by atoms with E-state index < -0.39 is 0 Å². The highest BCUT2D eigenvalue weighted by atomic mass is 16.3. The average molecular weight is 303 g/mol. The molecule has 4 aliphatic rings. The molecular formula is C19H29NO2. The van der Waals surface area contributed by atoms with Gasteiger partial charge in [0.15, 0.2) is 0 Å². The Hall–Kier alpha value is -0.700. The fraction of sp³-hybridized carbons (Fsp3) is 0.895. The summed E-state index contributed by atoms with van der Waals surface area (Å²) in [5.41, 5.74) is 1.98. The van der Waals surface area contributed by atoms with E-state index in [1.807, 2.05) is 0 Å². The highest BCUT2D eigenvalue weighted by Gasteiger charge is 2.58. The van der Waals surface area contributed by atoms with E-state index in [0.717, 1.165) is 37.5 Å². The van der Waals surface area contributed by atoms with Gasteiger partial charge in [-0.3, -0.25) is 0 Å². The summed E-state index contributed by atoms with van der Waals surface area (Å²) in [4.78, 5) is 10.9. The maximum absolute atomic E-state index is 10.9. The SMILES string of the molecule is C[C@]12CC[C@H]3[C@@H](CCC4=CC(N=O)CC[C@@]43C)[C@@H]1CC[C@@H]2O. The van der Waals surface area contributed by atoms with Crippen LogP contribution >= 0.6 is 0 Å². The van der Waals surface area contributed by atoms with Crippen LogP contribution in [0.3, 0.4) is 0 Å². The molecule has 3 nitrogen and oxygen atoms in total. The van der Waals surface area contributed by atoms with Crippen LogP contribution in [0.15, 0.2) is 16.8 Å². The van der Waals surface area contributed by atoms with E-state index in [1.165, 1.54) is 31.3 Å². The number of allylic oxidation sites excluding steroid dienone is 1. The van der Waals surface area contributed by atoms with Crippen LogP contribution in [0.4, 0.5) is 0 Å². The molecule has 1 unspecified atom stereocenters. The van der Waals surface area contributed by atoms with E-state index in [1.54, 1.807) is 0 Å². The van der Waals surface area contributed by atoms with Crippen molar-refractivity contribution in [1.29, 1.82) is 0 Å². The van der Waals surface area contributed by atoms with E-state index >= 15 is 0 Å². The first kappa shape index (κ1) is 14.9. The predicted molar refractivity (Wildman–Crippen MR) is 87.3 cm³/mol. The molecule has 0 aromatic carbocycles. The molecule has 0 aromatic heterocycles. The Labute approximate surface area is 133 Å². The summed E-state index contributed by atoms with van der Waals surface area (Å²) in [5, 5.41) is 13.8. The topological polar surface area (TPSA) is 49.7 Å². The van der Waals surface area contributed by atoms with Crippen LogP contribution in [-0.4, -0.2) is 17.3 Å². The molecule has 1 N–H and O–H groups in total. The maximum atomic E-state index is 10.9. The first-order valence-electron chi connectivity index (χ1n) is 9.21. The Morgan fingerprint density at radius 3 is 2.68 bits per heavy atom. The molecule has 0 heterocycles. The molecular weight excluding hydrogens is 274 g/mol. The lowest BCUT2D eigenvalue weighted by molar-refractivity contribution is -0.0739. The smallest absolute Gasteiger partial charge is 0.110 e. The van der Waals surface area contributed by atoms with Crippen molar-refractivity contribution in [3.8, 4) is 0 Å². The second-order valence-corrected chi connectivity index (χ2v) is 8.87. The van der Waals surface area contributed by atoms with Gasteiger partial charge in [-0.15, -0.1) is 0 Å². The van der Waals surface area contributed by atoms with Gasteiger partial charge in [-0.2, -0.15) is 4.91 Å². The molecule has 4 aliphatic carbocycles. The Morgan fingerprint density at radius 2 is 1.91 bits per heavy atom. The lowest BCUT2D eigenvalue weighted by Gasteiger charge is -2.58. The molecule has 0 bridgehead atoms. The molecule has 0 saturated heterocycles. The van der Waals surface area contributed by atoms with Gasteiger partial charge in [0.25, 0.3) is 0 Å². The number of hydrogen-bond acceptors (Lipinski definition) is 3. The van der Waals surface area contributed by atoms with Gasteiger partial charge in [-0.05, 0) is 80.0 Å². The van der Waals surface area contributed by atoms with Crippen molar-refractivity contribution in [2.45, 2.75) is 77.4 Å². The molecule has 0 amide bonds. The summed E-state index contributed by atoms with van der Waals surface area (Å²) in [6.07, 6.45) is 11.2. The number of fused-ring (bicyclic) bond motifs is 5. The maximum Gasteiger partial charge on any atom is 0.110 e. The van der Waals surface area contributed by atoms with Crippen molar-refractivity contribution in [2.75, 3.05) is 0 Å². The number of rotatable bonds is 1. The molecule has 0 aromatic rings. The van der Waals surface area contributed by atoms with Gasteiger partial charge in [-0.1, -0.05) is 30.7 Å². The van der Waals surface area contributed by atoms with Gasteiger partial charge in [0, 0.05) is 0 Å². The standard InChI is InChI=1S/C19H29NO2/c1-18-9-7-13(20-22)11-12(18)3-4-14-15-5-6-17(21)19(15,2)10-8-16(14)18/h11,13-17,21H,3-10H2,1-2H3/t13?,14-,15-,16-,17-,18-,19-/m0/s1. The van der Waals surface area contributed by atoms with Crippen LogP contribution in [0.25, 0.3) is 0 Å². The molecule has 4 rings (SSSR count). The van der Waals surface area contributed by atoms with Gasteiger partial charge < -0.3 is 5.11 Å². The second kappa shape index (κ2) is 4.90. The normalized spacial score (nSPS) is 54.0. The summed E-state index contributed by atoms with van der Waals surface area (Å²) >= 11 is 0. The lowest BCUT2D eigenvalue weighted by atomic mass is 9.47. The van der Waals surface area contributed by atoms with E-state index in [-0.39, 0.29) is 17.6 Å². The Morgan fingerprint density at radius 1 is 1.09 bits per heavy atom. The number of aliphatic hydroxyl groups is 1. The predicted octanol–water partition coefficient (Wildman–Crippen LogP) is 4.45. The number of nitrogens with zero attached hydrogens (tertiary/aromatic N) is 1. The van der Waals surface area contributed by atoms with Crippen LogP contribution in [0, 0.1) is 33.5 Å². The molecule has 122 valence electrons. The third-order valence-electron chi connectivity index (χ3n) is 8.17. The molecule has 22 heavy (non-hydrogen) atoms. The molecule has 7 atom stereocenters. The first-order valence-corrected chi connectivity index (χ1v) is 9.21. The average Bonchev–Trinajstić information content (AvgIpc) is 2.82. The van der Waals surface area contributed by atoms with Crippen molar-refractivity contribution in [3.63, 3.8) is 0 Å². The minimum atomic E-state index is -0.0850. The number of aliphatic hydroxyl groups excluding tert-OH is 1. The fourth-order valence-electron chi connectivity index (χ4n) is 6.77. The van der Waals surface area contributed by atoms with E-state index in [9.17, 15) is 10.0 Å². The zero-order chi connectivity index (χ0) is 15.5. The molecule has 3 saturated carbocycles. The number of nitroso groups, excluding NO2 is 1. The Kier molecular flexibility index (Phi) is 3.31.